The minimum Gasteiger partial charge on any atom is -0.354 e. The van der Waals surface area contributed by atoms with Crippen molar-refractivity contribution in [2.45, 2.75) is 25.7 Å². The summed E-state index contributed by atoms with van der Waals surface area (Å²) in [6.07, 6.45) is 2.70. The van der Waals surface area contributed by atoms with Crippen molar-refractivity contribution in [3.05, 3.63) is 36.4 Å². The van der Waals surface area contributed by atoms with E-state index in [-0.39, 0.29) is 11.8 Å². The molecule has 2 saturated heterocycles. The van der Waals surface area contributed by atoms with Gasteiger partial charge in [0, 0.05) is 51.0 Å². The van der Waals surface area contributed by atoms with Crippen LogP contribution in [0.25, 0.3) is 10.9 Å². The van der Waals surface area contributed by atoms with Crippen molar-refractivity contribution in [2.75, 3.05) is 44.2 Å². The highest BCUT2D eigenvalue weighted by atomic mass is 16.2. The molecule has 0 unspecified atom stereocenters. The van der Waals surface area contributed by atoms with Gasteiger partial charge in [0.1, 0.15) is 5.82 Å². The van der Waals surface area contributed by atoms with E-state index < -0.39 is 0 Å². The van der Waals surface area contributed by atoms with Crippen LogP contribution in [0.4, 0.5) is 5.82 Å². The molecule has 6 nitrogen and oxygen atoms in total. The monoisotopic (exact) mass is 366 g/mol. The Morgan fingerprint density at radius 1 is 0.815 bits per heavy atom. The molecule has 0 bridgehead atoms. The van der Waals surface area contributed by atoms with Crippen molar-refractivity contribution < 1.29 is 9.59 Å². The van der Waals surface area contributed by atoms with Crippen LogP contribution in [0.2, 0.25) is 0 Å². The predicted molar refractivity (Wildman–Crippen MR) is 106 cm³/mol. The number of para-hydroxylation sites is 1. The van der Waals surface area contributed by atoms with Gasteiger partial charge in [-0.25, -0.2) is 4.98 Å². The number of hydrogen-bond donors (Lipinski definition) is 0. The van der Waals surface area contributed by atoms with E-state index in [1.807, 2.05) is 12.1 Å². The summed E-state index contributed by atoms with van der Waals surface area (Å²) < 4.78 is 0. The number of anilines is 1. The molecule has 6 heteroatoms. The van der Waals surface area contributed by atoms with E-state index >= 15 is 0 Å². The van der Waals surface area contributed by atoms with Gasteiger partial charge in [0.05, 0.1) is 5.52 Å². The highest BCUT2D eigenvalue weighted by molar-refractivity contribution is 6.01. The number of fused-ring (bicyclic) bond motifs is 1. The fourth-order valence-corrected chi connectivity index (χ4v) is 3.91. The molecule has 27 heavy (non-hydrogen) atoms. The van der Waals surface area contributed by atoms with Gasteiger partial charge >= 0.3 is 0 Å². The number of hydrogen-bond acceptors (Lipinski definition) is 5. The van der Waals surface area contributed by atoms with Gasteiger partial charge in [-0.05, 0) is 37.6 Å². The summed E-state index contributed by atoms with van der Waals surface area (Å²) in [6, 6.07) is 12.5. The van der Waals surface area contributed by atoms with Crippen LogP contribution in [0.5, 0.6) is 0 Å². The zero-order chi connectivity index (χ0) is 18.6. The molecule has 1 aromatic carbocycles. The number of unbranched alkanes of at least 4 members (excludes halogenated alkanes) is 1. The Morgan fingerprint density at radius 2 is 1.52 bits per heavy atom. The number of likely N-dealkylation sites (tertiary alicyclic amines) is 1. The molecular weight excluding hydrogens is 340 g/mol. The molecule has 2 fully saturated rings. The van der Waals surface area contributed by atoms with E-state index in [4.69, 9.17) is 4.98 Å². The second-order valence-corrected chi connectivity index (χ2v) is 7.34. The number of aromatic nitrogens is 1. The normalized spacial score (nSPS) is 18.7. The number of carbonyl (C=O) groups is 2. The molecule has 0 aliphatic carbocycles. The minimum absolute atomic E-state index is 0.00324. The van der Waals surface area contributed by atoms with Gasteiger partial charge in [-0.3, -0.25) is 19.4 Å². The van der Waals surface area contributed by atoms with Gasteiger partial charge in [-0.1, -0.05) is 18.2 Å². The summed E-state index contributed by atoms with van der Waals surface area (Å²) in [7, 11) is 0. The number of piperazine rings is 1. The maximum Gasteiger partial charge on any atom is 0.229 e. The topological polar surface area (TPSA) is 56.8 Å². The largest absolute Gasteiger partial charge is 0.354 e. The molecule has 142 valence electrons. The highest BCUT2D eigenvalue weighted by Crippen LogP contribution is 2.19. The van der Waals surface area contributed by atoms with Crippen LogP contribution in [0.1, 0.15) is 25.7 Å². The Balaban J connectivity index is 1.21. The van der Waals surface area contributed by atoms with E-state index in [1.165, 1.54) is 10.3 Å². The summed E-state index contributed by atoms with van der Waals surface area (Å²) in [5.74, 6) is 1.05. The van der Waals surface area contributed by atoms with Crippen LogP contribution in [-0.2, 0) is 9.59 Å². The Hall–Kier alpha value is -2.47. The van der Waals surface area contributed by atoms with Crippen molar-refractivity contribution in [1.29, 1.82) is 0 Å². The fourth-order valence-electron chi connectivity index (χ4n) is 3.91. The van der Waals surface area contributed by atoms with Crippen LogP contribution in [0.15, 0.2) is 36.4 Å². The van der Waals surface area contributed by atoms with E-state index in [9.17, 15) is 9.59 Å². The van der Waals surface area contributed by atoms with Crippen LogP contribution < -0.4 is 4.90 Å². The van der Waals surface area contributed by atoms with Crippen molar-refractivity contribution in [3.8, 4) is 0 Å². The van der Waals surface area contributed by atoms with E-state index in [1.54, 1.807) is 0 Å². The number of imide groups is 1. The standard InChI is InChI=1S/C21H26N4O2/c26-20-9-10-21(27)25(20)12-4-3-11-23-13-15-24(16-14-23)19-8-7-17-5-1-2-6-18(17)22-19/h1-2,5-8H,3-4,9-16H2. The first-order valence-electron chi connectivity index (χ1n) is 9.87. The summed E-state index contributed by atoms with van der Waals surface area (Å²) in [4.78, 5) is 34.3. The summed E-state index contributed by atoms with van der Waals surface area (Å²) in [6.45, 7) is 5.61. The number of carbonyl (C=O) groups excluding carboxylic acids is 2. The summed E-state index contributed by atoms with van der Waals surface area (Å²) in [5.41, 5.74) is 1.04. The molecule has 3 heterocycles. The average molecular weight is 366 g/mol. The predicted octanol–water partition coefficient (Wildman–Crippen LogP) is 2.29. The van der Waals surface area contributed by atoms with Crippen LogP contribution in [0.3, 0.4) is 0 Å². The molecule has 2 aliphatic rings. The van der Waals surface area contributed by atoms with Gasteiger partial charge in [0.25, 0.3) is 0 Å². The van der Waals surface area contributed by atoms with Crippen molar-refractivity contribution >= 4 is 28.5 Å². The quantitative estimate of drug-likeness (QED) is 0.580. The lowest BCUT2D eigenvalue weighted by Gasteiger charge is -2.35. The van der Waals surface area contributed by atoms with Crippen LogP contribution >= 0.6 is 0 Å². The molecule has 4 rings (SSSR count). The first kappa shape index (κ1) is 17.9. The lowest BCUT2D eigenvalue weighted by molar-refractivity contribution is -0.138. The first-order valence-corrected chi connectivity index (χ1v) is 9.87. The Labute approximate surface area is 159 Å². The Morgan fingerprint density at radius 3 is 2.30 bits per heavy atom. The molecule has 0 atom stereocenters. The summed E-state index contributed by atoms with van der Waals surface area (Å²) in [5, 5.41) is 1.18. The number of benzene rings is 1. The van der Waals surface area contributed by atoms with Crippen LogP contribution in [0, 0.1) is 0 Å². The first-order chi connectivity index (χ1) is 13.2. The molecular formula is C21H26N4O2. The SMILES string of the molecule is O=C1CCC(=O)N1CCCCN1CCN(c2ccc3ccccc3n2)CC1. The maximum atomic E-state index is 11.6. The van der Waals surface area contributed by atoms with E-state index in [2.05, 4.69) is 34.1 Å². The zero-order valence-corrected chi connectivity index (χ0v) is 15.6. The Kier molecular flexibility index (Phi) is 5.34. The van der Waals surface area contributed by atoms with Crippen molar-refractivity contribution in [3.63, 3.8) is 0 Å². The van der Waals surface area contributed by atoms with Gasteiger partial charge in [-0.15, -0.1) is 0 Å². The zero-order valence-electron chi connectivity index (χ0n) is 15.6. The third-order valence-corrected chi connectivity index (χ3v) is 5.54. The number of nitrogens with zero attached hydrogens (tertiary/aromatic N) is 4. The molecule has 2 amide bonds. The second-order valence-electron chi connectivity index (χ2n) is 7.34. The second kappa shape index (κ2) is 8.05. The minimum atomic E-state index is -0.00324. The van der Waals surface area contributed by atoms with Gasteiger partial charge in [0.2, 0.25) is 11.8 Å². The average Bonchev–Trinajstić information content (AvgIpc) is 3.03. The van der Waals surface area contributed by atoms with Gasteiger partial charge < -0.3 is 4.90 Å². The number of pyridine rings is 1. The van der Waals surface area contributed by atoms with E-state index in [0.717, 1.165) is 56.9 Å². The van der Waals surface area contributed by atoms with Crippen LogP contribution in [-0.4, -0.2) is 65.9 Å². The third-order valence-electron chi connectivity index (χ3n) is 5.54. The van der Waals surface area contributed by atoms with E-state index in [0.29, 0.717) is 19.4 Å². The smallest absolute Gasteiger partial charge is 0.229 e. The van der Waals surface area contributed by atoms with Gasteiger partial charge in [0.15, 0.2) is 0 Å². The van der Waals surface area contributed by atoms with Crippen molar-refractivity contribution in [1.82, 2.24) is 14.8 Å². The molecule has 0 radical (unpaired) electrons. The van der Waals surface area contributed by atoms with Crippen molar-refractivity contribution in [2.24, 2.45) is 0 Å². The number of amides is 2. The molecule has 2 aliphatic heterocycles. The third kappa shape index (κ3) is 4.11. The molecule has 0 saturated carbocycles. The van der Waals surface area contributed by atoms with Gasteiger partial charge in [-0.2, -0.15) is 0 Å². The fraction of sp³-hybridized carbons (Fsp3) is 0.476. The number of rotatable bonds is 6. The lowest BCUT2D eigenvalue weighted by Crippen LogP contribution is -2.47. The highest BCUT2D eigenvalue weighted by Gasteiger charge is 2.28. The Bertz CT molecular complexity index is 814. The lowest BCUT2D eigenvalue weighted by atomic mass is 10.2. The molecule has 0 N–H and O–H groups in total. The molecule has 0 spiro atoms. The maximum absolute atomic E-state index is 11.6. The summed E-state index contributed by atoms with van der Waals surface area (Å²) >= 11 is 0. The molecule has 2 aromatic rings. The molecule has 1 aromatic heterocycles.